The van der Waals surface area contributed by atoms with Gasteiger partial charge in [-0.2, -0.15) is 5.26 Å². The van der Waals surface area contributed by atoms with Crippen LogP contribution in [0.25, 0.3) is 0 Å². The van der Waals surface area contributed by atoms with Crippen molar-refractivity contribution in [3.8, 4) is 11.8 Å². The number of aromatic carboxylic acids is 1. The number of benzene rings is 1. The first kappa shape index (κ1) is 13.5. The van der Waals surface area contributed by atoms with Crippen LogP contribution < -0.4 is 10.1 Å². The molecule has 1 aromatic rings. The van der Waals surface area contributed by atoms with E-state index in [2.05, 4.69) is 5.32 Å². The van der Waals surface area contributed by atoms with Gasteiger partial charge in [0.05, 0.1) is 6.07 Å². The van der Waals surface area contributed by atoms with Crippen molar-refractivity contribution in [1.29, 1.82) is 5.26 Å². The number of amides is 1. The zero-order valence-electron chi connectivity index (χ0n) is 9.77. The van der Waals surface area contributed by atoms with Crippen LogP contribution in [0.4, 0.5) is 0 Å². The average Bonchev–Trinajstić information content (AvgIpc) is 2.34. The first-order valence-corrected chi connectivity index (χ1v) is 5.15. The lowest BCUT2D eigenvalue weighted by Gasteiger charge is -2.09. The minimum absolute atomic E-state index is 0.00285. The summed E-state index contributed by atoms with van der Waals surface area (Å²) in [5.74, 6) is -1.47. The van der Waals surface area contributed by atoms with Crippen molar-refractivity contribution < 1.29 is 19.4 Å². The van der Waals surface area contributed by atoms with Crippen LogP contribution in [-0.4, -0.2) is 30.1 Å². The van der Waals surface area contributed by atoms with Crippen LogP contribution in [0.5, 0.6) is 5.75 Å². The number of nitrogens with one attached hydrogen (secondary N) is 1. The van der Waals surface area contributed by atoms with Crippen molar-refractivity contribution in [3.63, 3.8) is 0 Å². The molecule has 1 rings (SSSR count). The van der Waals surface area contributed by atoms with Gasteiger partial charge >= 0.3 is 5.97 Å². The predicted octanol–water partition coefficient (Wildman–Crippen LogP) is 0.712. The normalized spacial score (nSPS) is 9.33. The smallest absolute Gasteiger partial charge is 0.339 e. The third kappa shape index (κ3) is 3.79. The van der Waals surface area contributed by atoms with Crippen molar-refractivity contribution in [2.75, 3.05) is 13.2 Å². The molecule has 0 aliphatic heterocycles. The van der Waals surface area contributed by atoms with E-state index >= 15 is 0 Å². The summed E-state index contributed by atoms with van der Waals surface area (Å²) in [6, 6.07) is 6.40. The Balaban J connectivity index is 2.70. The molecule has 0 saturated heterocycles. The second-order valence-electron chi connectivity index (χ2n) is 3.53. The van der Waals surface area contributed by atoms with Gasteiger partial charge in [0.15, 0.2) is 6.61 Å². The van der Waals surface area contributed by atoms with Crippen LogP contribution in [-0.2, 0) is 4.79 Å². The maximum atomic E-state index is 11.2. The molecule has 0 spiro atoms. The quantitative estimate of drug-likeness (QED) is 0.747. The molecule has 18 heavy (non-hydrogen) atoms. The van der Waals surface area contributed by atoms with E-state index in [1.165, 1.54) is 12.1 Å². The highest BCUT2D eigenvalue weighted by Gasteiger charge is 2.12. The number of rotatable bonds is 5. The van der Waals surface area contributed by atoms with Crippen molar-refractivity contribution in [1.82, 2.24) is 5.32 Å². The number of hydrogen-bond acceptors (Lipinski definition) is 4. The van der Waals surface area contributed by atoms with Gasteiger partial charge in [-0.3, -0.25) is 4.79 Å². The van der Waals surface area contributed by atoms with Crippen LogP contribution >= 0.6 is 0 Å². The fourth-order valence-electron chi connectivity index (χ4n) is 1.27. The van der Waals surface area contributed by atoms with E-state index in [-0.39, 0.29) is 24.5 Å². The van der Waals surface area contributed by atoms with Gasteiger partial charge in [0, 0.05) is 0 Å². The summed E-state index contributed by atoms with van der Waals surface area (Å²) < 4.78 is 5.11. The summed E-state index contributed by atoms with van der Waals surface area (Å²) in [5, 5.41) is 19.5. The molecular weight excluding hydrogens is 236 g/mol. The van der Waals surface area contributed by atoms with Gasteiger partial charge in [0.1, 0.15) is 17.9 Å². The monoisotopic (exact) mass is 248 g/mol. The molecule has 0 fully saturated rings. The third-order valence-electron chi connectivity index (χ3n) is 2.09. The zero-order chi connectivity index (χ0) is 13.5. The molecule has 6 heteroatoms. The van der Waals surface area contributed by atoms with Gasteiger partial charge in [0.2, 0.25) is 0 Å². The maximum Gasteiger partial charge on any atom is 0.339 e. The molecular formula is C12H12N2O4. The Hall–Kier alpha value is -2.55. The fraction of sp³-hybridized carbons (Fsp3) is 0.250. The van der Waals surface area contributed by atoms with Crippen molar-refractivity contribution in [2.45, 2.75) is 6.92 Å². The van der Waals surface area contributed by atoms with E-state index in [4.69, 9.17) is 15.1 Å². The summed E-state index contributed by atoms with van der Waals surface area (Å²) in [7, 11) is 0. The molecule has 0 radical (unpaired) electrons. The lowest BCUT2D eigenvalue weighted by molar-refractivity contribution is -0.122. The molecule has 1 amide bonds. The first-order chi connectivity index (χ1) is 8.54. The summed E-state index contributed by atoms with van der Waals surface area (Å²) in [6.45, 7) is 1.32. The molecule has 94 valence electrons. The molecule has 6 nitrogen and oxygen atoms in total. The minimum Gasteiger partial charge on any atom is -0.483 e. The molecule has 0 aliphatic carbocycles. The van der Waals surface area contributed by atoms with Crippen molar-refractivity contribution in [3.05, 3.63) is 29.3 Å². The first-order valence-electron chi connectivity index (χ1n) is 5.15. The molecule has 0 bridgehead atoms. The standard InChI is InChI=1S/C12H12N2O4/c1-8-2-3-10(9(6-8)12(16)17)18-7-11(15)14-5-4-13/h2-3,6H,5,7H2,1H3,(H,14,15)(H,16,17). The van der Waals surface area contributed by atoms with Crippen molar-refractivity contribution >= 4 is 11.9 Å². The third-order valence-corrected chi connectivity index (χ3v) is 2.09. The van der Waals surface area contributed by atoms with E-state index in [1.54, 1.807) is 19.1 Å². The predicted molar refractivity (Wildman–Crippen MR) is 62.3 cm³/mol. The second kappa shape index (κ2) is 6.25. The van der Waals surface area contributed by atoms with Gasteiger partial charge in [-0.05, 0) is 19.1 Å². The number of carbonyl (C=O) groups is 2. The van der Waals surface area contributed by atoms with Crippen molar-refractivity contribution in [2.24, 2.45) is 0 Å². The van der Waals surface area contributed by atoms with Crippen LogP contribution in [0.3, 0.4) is 0 Å². The lowest BCUT2D eigenvalue weighted by atomic mass is 10.1. The minimum atomic E-state index is -1.12. The van der Waals surface area contributed by atoms with Gasteiger partial charge < -0.3 is 15.2 Å². The highest BCUT2D eigenvalue weighted by Crippen LogP contribution is 2.19. The fourth-order valence-corrected chi connectivity index (χ4v) is 1.27. The maximum absolute atomic E-state index is 11.2. The topological polar surface area (TPSA) is 99.4 Å². The second-order valence-corrected chi connectivity index (χ2v) is 3.53. The number of aryl methyl sites for hydroxylation is 1. The SMILES string of the molecule is Cc1ccc(OCC(=O)NCC#N)c(C(=O)O)c1. The largest absolute Gasteiger partial charge is 0.483 e. The Labute approximate surface area is 104 Å². The van der Waals surface area contributed by atoms with Gasteiger partial charge in [-0.15, -0.1) is 0 Å². The molecule has 0 heterocycles. The Morgan fingerprint density at radius 1 is 1.50 bits per heavy atom. The van der Waals surface area contributed by atoms with E-state index in [0.717, 1.165) is 5.56 Å². The molecule has 0 unspecified atom stereocenters. The molecule has 0 atom stereocenters. The highest BCUT2D eigenvalue weighted by molar-refractivity contribution is 5.91. The molecule has 2 N–H and O–H groups in total. The number of carboxylic acids is 1. The van der Waals surface area contributed by atoms with E-state index in [0.29, 0.717) is 0 Å². The van der Waals surface area contributed by atoms with E-state index in [9.17, 15) is 9.59 Å². The zero-order valence-corrected chi connectivity index (χ0v) is 9.77. The van der Waals surface area contributed by atoms with Crippen LogP contribution in [0.1, 0.15) is 15.9 Å². The molecule has 0 saturated carbocycles. The van der Waals surface area contributed by atoms with Gasteiger partial charge in [-0.25, -0.2) is 4.79 Å². The Bertz CT molecular complexity index is 505. The molecule has 0 aromatic heterocycles. The number of ether oxygens (including phenoxy) is 1. The number of carboxylic acid groups (broad SMARTS) is 1. The Morgan fingerprint density at radius 3 is 2.83 bits per heavy atom. The Kier molecular flexibility index (Phi) is 4.69. The van der Waals surface area contributed by atoms with Gasteiger partial charge in [-0.1, -0.05) is 11.6 Å². The molecule has 0 aliphatic rings. The van der Waals surface area contributed by atoms with E-state index < -0.39 is 11.9 Å². The van der Waals surface area contributed by atoms with Crippen LogP contribution in [0, 0.1) is 18.3 Å². The Morgan fingerprint density at radius 2 is 2.22 bits per heavy atom. The van der Waals surface area contributed by atoms with Crippen LogP contribution in [0.2, 0.25) is 0 Å². The van der Waals surface area contributed by atoms with Crippen LogP contribution in [0.15, 0.2) is 18.2 Å². The van der Waals surface area contributed by atoms with E-state index in [1.807, 2.05) is 0 Å². The highest BCUT2D eigenvalue weighted by atomic mass is 16.5. The number of hydrogen-bond donors (Lipinski definition) is 2. The summed E-state index contributed by atoms with van der Waals surface area (Å²) in [6.07, 6.45) is 0. The molecule has 1 aromatic carbocycles. The summed E-state index contributed by atoms with van der Waals surface area (Å²) in [4.78, 5) is 22.2. The lowest BCUT2D eigenvalue weighted by Crippen LogP contribution is -2.29. The van der Waals surface area contributed by atoms with Gasteiger partial charge in [0.25, 0.3) is 5.91 Å². The number of nitriles is 1. The average molecular weight is 248 g/mol. The summed E-state index contributed by atoms with van der Waals surface area (Å²) in [5.41, 5.74) is 0.789. The summed E-state index contributed by atoms with van der Waals surface area (Å²) >= 11 is 0. The number of nitrogens with zero attached hydrogens (tertiary/aromatic N) is 1. The number of carbonyl (C=O) groups excluding carboxylic acids is 1.